The van der Waals surface area contributed by atoms with Crippen molar-refractivity contribution in [1.29, 1.82) is 0 Å². The highest BCUT2D eigenvalue weighted by Gasteiger charge is 2.13. The van der Waals surface area contributed by atoms with Crippen LogP contribution in [0.15, 0.2) is 27.3 Å². The Balaban J connectivity index is 2.05. The highest BCUT2D eigenvalue weighted by Crippen LogP contribution is 2.29. The van der Waals surface area contributed by atoms with Crippen LogP contribution >= 0.6 is 31.9 Å². The lowest BCUT2D eigenvalue weighted by Gasteiger charge is -2.05. The van der Waals surface area contributed by atoms with E-state index < -0.39 is 0 Å². The summed E-state index contributed by atoms with van der Waals surface area (Å²) >= 11 is 6.85. The number of aliphatic hydroxyl groups is 1. The number of fused-ring (bicyclic) bond motifs is 1. The lowest BCUT2D eigenvalue weighted by molar-refractivity contribution is 0.0839. The molecule has 1 heterocycles. The molecule has 0 aliphatic carbocycles. The third kappa shape index (κ3) is 3.60. The molecule has 5 nitrogen and oxygen atoms in total. The number of halogens is 2. The Labute approximate surface area is 133 Å². The van der Waals surface area contributed by atoms with E-state index in [2.05, 4.69) is 42.2 Å². The number of H-pyrrole nitrogens is 1. The number of carbonyl (C=O) groups excluding carboxylic acids is 1. The molecule has 20 heavy (non-hydrogen) atoms. The number of carbonyl (C=O) groups is 1. The Morgan fingerprint density at radius 3 is 2.80 bits per heavy atom. The van der Waals surface area contributed by atoms with Crippen LogP contribution in [-0.4, -0.2) is 42.4 Å². The van der Waals surface area contributed by atoms with Gasteiger partial charge in [0.15, 0.2) is 0 Å². The van der Waals surface area contributed by atoms with Crippen molar-refractivity contribution in [2.75, 3.05) is 26.4 Å². The van der Waals surface area contributed by atoms with Gasteiger partial charge in [-0.25, -0.2) is 0 Å². The van der Waals surface area contributed by atoms with Crippen LogP contribution in [0.5, 0.6) is 0 Å². The van der Waals surface area contributed by atoms with Crippen molar-refractivity contribution in [3.63, 3.8) is 0 Å². The Morgan fingerprint density at radius 1 is 1.30 bits per heavy atom. The van der Waals surface area contributed by atoms with E-state index in [1.54, 1.807) is 6.20 Å². The van der Waals surface area contributed by atoms with E-state index in [-0.39, 0.29) is 19.1 Å². The molecule has 0 atom stereocenters. The molecule has 1 aromatic heterocycles. The van der Waals surface area contributed by atoms with E-state index in [0.717, 1.165) is 19.8 Å². The molecular formula is C13H14Br2N2O3. The van der Waals surface area contributed by atoms with Crippen LogP contribution in [0.25, 0.3) is 10.9 Å². The molecule has 0 aliphatic rings. The summed E-state index contributed by atoms with van der Waals surface area (Å²) in [4.78, 5) is 15.2. The van der Waals surface area contributed by atoms with Crippen LogP contribution in [0, 0.1) is 0 Å². The lowest BCUT2D eigenvalue weighted by Crippen LogP contribution is -2.27. The second kappa shape index (κ2) is 7.21. The molecule has 0 saturated carbocycles. The predicted octanol–water partition coefficient (Wildman–Crippen LogP) is 2.43. The molecule has 0 saturated heterocycles. The number of aliphatic hydroxyl groups excluding tert-OH is 1. The summed E-state index contributed by atoms with van der Waals surface area (Å²) < 4.78 is 6.91. The molecule has 1 aromatic carbocycles. The minimum atomic E-state index is -0.155. The maximum atomic E-state index is 12.1. The van der Waals surface area contributed by atoms with E-state index >= 15 is 0 Å². The molecule has 1 amide bonds. The zero-order valence-corrected chi connectivity index (χ0v) is 13.8. The molecule has 2 rings (SSSR count). The van der Waals surface area contributed by atoms with Crippen LogP contribution in [0.3, 0.4) is 0 Å². The molecule has 0 fully saturated rings. The number of nitrogens with one attached hydrogen (secondary N) is 2. The Hall–Kier alpha value is -0.890. The van der Waals surface area contributed by atoms with Gasteiger partial charge in [-0.2, -0.15) is 0 Å². The van der Waals surface area contributed by atoms with E-state index in [1.807, 2.05) is 12.1 Å². The fourth-order valence-electron chi connectivity index (χ4n) is 1.80. The average molecular weight is 406 g/mol. The predicted molar refractivity (Wildman–Crippen MR) is 83.9 cm³/mol. The summed E-state index contributed by atoms with van der Waals surface area (Å²) in [7, 11) is 0. The second-order valence-corrected chi connectivity index (χ2v) is 5.81. The summed E-state index contributed by atoms with van der Waals surface area (Å²) in [5.41, 5.74) is 1.48. The van der Waals surface area contributed by atoms with E-state index in [9.17, 15) is 4.79 Å². The SMILES string of the molecule is O=C(NCCOCCO)c1c[nH]c2cc(Br)c(Br)cc12. The lowest BCUT2D eigenvalue weighted by atomic mass is 10.1. The van der Waals surface area contributed by atoms with E-state index in [0.29, 0.717) is 18.7 Å². The first-order chi connectivity index (χ1) is 9.63. The molecule has 0 bridgehead atoms. The van der Waals surface area contributed by atoms with Gasteiger partial charge in [0.05, 0.1) is 25.4 Å². The number of benzene rings is 1. The van der Waals surface area contributed by atoms with Gasteiger partial charge in [0.2, 0.25) is 0 Å². The summed E-state index contributed by atoms with van der Waals surface area (Å²) in [6, 6.07) is 3.81. The first kappa shape index (κ1) is 15.5. The number of amides is 1. The van der Waals surface area contributed by atoms with Crippen molar-refractivity contribution in [2.24, 2.45) is 0 Å². The number of ether oxygens (including phenoxy) is 1. The monoisotopic (exact) mass is 404 g/mol. The summed E-state index contributed by atoms with van der Waals surface area (Å²) in [5, 5.41) is 12.2. The fourth-order valence-corrected chi connectivity index (χ4v) is 2.49. The van der Waals surface area contributed by atoms with Crippen LogP contribution in [0.1, 0.15) is 10.4 Å². The van der Waals surface area contributed by atoms with Gasteiger partial charge in [0, 0.05) is 32.6 Å². The van der Waals surface area contributed by atoms with Crippen molar-refractivity contribution < 1.29 is 14.6 Å². The first-order valence-corrected chi connectivity index (χ1v) is 7.65. The van der Waals surface area contributed by atoms with Crippen LogP contribution in [-0.2, 0) is 4.74 Å². The first-order valence-electron chi connectivity index (χ1n) is 6.06. The van der Waals surface area contributed by atoms with Gasteiger partial charge in [-0.1, -0.05) is 0 Å². The summed E-state index contributed by atoms with van der Waals surface area (Å²) in [5.74, 6) is -0.155. The highest BCUT2D eigenvalue weighted by molar-refractivity contribution is 9.13. The van der Waals surface area contributed by atoms with E-state index in [1.165, 1.54) is 0 Å². The van der Waals surface area contributed by atoms with Crippen LogP contribution in [0.4, 0.5) is 0 Å². The third-order valence-electron chi connectivity index (χ3n) is 2.73. The zero-order valence-electron chi connectivity index (χ0n) is 10.6. The maximum absolute atomic E-state index is 12.1. The van der Waals surface area contributed by atoms with Gasteiger partial charge >= 0.3 is 0 Å². The fraction of sp³-hybridized carbons (Fsp3) is 0.308. The number of hydrogen-bond acceptors (Lipinski definition) is 3. The van der Waals surface area contributed by atoms with Gasteiger partial charge in [-0.05, 0) is 44.0 Å². The number of hydrogen-bond donors (Lipinski definition) is 3. The van der Waals surface area contributed by atoms with Gasteiger partial charge in [-0.15, -0.1) is 0 Å². The Kier molecular flexibility index (Phi) is 5.59. The van der Waals surface area contributed by atoms with Gasteiger partial charge in [-0.3, -0.25) is 4.79 Å². The van der Waals surface area contributed by atoms with Gasteiger partial charge in [0.1, 0.15) is 0 Å². The van der Waals surface area contributed by atoms with Crippen LogP contribution < -0.4 is 5.32 Å². The normalized spacial score (nSPS) is 10.9. The smallest absolute Gasteiger partial charge is 0.253 e. The number of aromatic nitrogens is 1. The Bertz CT molecular complexity index is 613. The zero-order chi connectivity index (χ0) is 14.5. The second-order valence-electron chi connectivity index (χ2n) is 4.11. The van der Waals surface area contributed by atoms with Gasteiger partial charge in [0.25, 0.3) is 5.91 Å². The molecule has 3 N–H and O–H groups in total. The summed E-state index contributed by atoms with van der Waals surface area (Å²) in [6.45, 7) is 1.05. The van der Waals surface area contributed by atoms with Crippen molar-refractivity contribution in [3.8, 4) is 0 Å². The van der Waals surface area contributed by atoms with Crippen molar-refractivity contribution >= 4 is 48.7 Å². The van der Waals surface area contributed by atoms with Gasteiger partial charge < -0.3 is 20.1 Å². The molecule has 0 unspecified atom stereocenters. The molecule has 2 aromatic rings. The third-order valence-corrected chi connectivity index (χ3v) is 4.58. The average Bonchev–Trinajstić information content (AvgIpc) is 2.82. The number of aromatic amines is 1. The quantitative estimate of drug-likeness (QED) is 0.646. The topological polar surface area (TPSA) is 74.3 Å². The molecule has 0 aliphatic heterocycles. The molecule has 7 heteroatoms. The standard InChI is InChI=1S/C13H14Br2N2O3/c14-10-5-8-9(7-17-12(8)6-11(10)15)13(19)16-1-3-20-4-2-18/h5-7,17-18H,1-4H2,(H,16,19). The molecule has 108 valence electrons. The molecular weight excluding hydrogens is 392 g/mol. The van der Waals surface area contributed by atoms with E-state index in [4.69, 9.17) is 9.84 Å². The summed E-state index contributed by atoms with van der Waals surface area (Å²) in [6.07, 6.45) is 1.69. The van der Waals surface area contributed by atoms with Crippen molar-refractivity contribution in [3.05, 3.63) is 32.8 Å². The molecule has 0 spiro atoms. The minimum absolute atomic E-state index is 0.0146. The Morgan fingerprint density at radius 2 is 2.05 bits per heavy atom. The van der Waals surface area contributed by atoms with Crippen molar-refractivity contribution in [2.45, 2.75) is 0 Å². The number of rotatable bonds is 6. The highest BCUT2D eigenvalue weighted by atomic mass is 79.9. The molecule has 0 radical (unpaired) electrons. The maximum Gasteiger partial charge on any atom is 0.253 e. The largest absolute Gasteiger partial charge is 0.394 e. The van der Waals surface area contributed by atoms with Crippen molar-refractivity contribution in [1.82, 2.24) is 10.3 Å². The van der Waals surface area contributed by atoms with Crippen LogP contribution in [0.2, 0.25) is 0 Å². The minimum Gasteiger partial charge on any atom is -0.394 e.